The second-order valence-electron chi connectivity index (χ2n) is 5.14. The summed E-state index contributed by atoms with van der Waals surface area (Å²) in [5.41, 5.74) is 0. The summed E-state index contributed by atoms with van der Waals surface area (Å²) in [5, 5.41) is 11.4. The molecule has 0 aliphatic carbocycles. The third-order valence-electron chi connectivity index (χ3n) is 3.09. The van der Waals surface area contributed by atoms with Gasteiger partial charge in [0.1, 0.15) is 0 Å². The molecule has 5 nitrogen and oxygen atoms in total. The molecule has 0 fully saturated rings. The van der Waals surface area contributed by atoms with Gasteiger partial charge < -0.3 is 10.1 Å². The summed E-state index contributed by atoms with van der Waals surface area (Å²) in [6, 6.07) is 0. The number of hydrogen-bond acceptors (Lipinski definition) is 4. The van der Waals surface area contributed by atoms with E-state index in [2.05, 4.69) is 11.9 Å². The number of nitrogens with zero attached hydrogens (tertiary/aromatic N) is 1. The van der Waals surface area contributed by atoms with Crippen LogP contribution in [-0.4, -0.2) is 31.2 Å². The molecular weight excluding hydrogens is 317 g/mol. The molecule has 0 saturated carbocycles. The zero-order chi connectivity index (χ0) is 15.3. The Balaban J connectivity index is 0. The summed E-state index contributed by atoms with van der Waals surface area (Å²) in [6.45, 7) is 2.54. The molecule has 0 unspecified atom stereocenters. The van der Waals surface area contributed by atoms with Crippen molar-refractivity contribution in [2.24, 2.45) is 4.99 Å². The first-order valence-electron chi connectivity index (χ1n) is 7.61. The molecule has 0 aromatic rings. The topological polar surface area (TPSA) is 89.8 Å². The molecule has 0 heterocycles. The molecule has 0 aromatic heterocycles. The van der Waals surface area contributed by atoms with Gasteiger partial charge in [0.2, 0.25) is 0 Å². The molecule has 0 aromatic carbocycles. The van der Waals surface area contributed by atoms with Crippen molar-refractivity contribution >= 4 is 16.0 Å². The van der Waals surface area contributed by atoms with Crippen molar-refractivity contribution in [3.05, 3.63) is 0 Å². The Hall–Kier alpha value is 1.02. The molecule has 7 heteroatoms. The average Bonchev–Trinajstić information content (AvgIpc) is 2.36. The minimum absolute atomic E-state index is 0. The van der Waals surface area contributed by atoms with Gasteiger partial charge in [-0.15, -0.1) is 0 Å². The van der Waals surface area contributed by atoms with E-state index in [0.717, 1.165) is 12.8 Å². The quantitative estimate of drug-likeness (QED) is 0.161. The average molecular weight is 346 g/mol. The Bertz CT molecular complexity index is 358. The van der Waals surface area contributed by atoms with Crippen LogP contribution >= 0.6 is 0 Å². The van der Waals surface area contributed by atoms with E-state index in [1.165, 1.54) is 32.1 Å². The maximum Gasteiger partial charge on any atom is 1.00 e. The smallest absolute Gasteiger partial charge is 0.862 e. The molecule has 0 amide bonds. The van der Waals surface area contributed by atoms with Crippen LogP contribution in [0.4, 0.5) is 0 Å². The van der Waals surface area contributed by atoms with Crippen LogP contribution in [0, 0.1) is 0 Å². The maximum absolute atomic E-state index is 11.4. The Kier molecular flexibility index (Phi) is 18.4. The van der Waals surface area contributed by atoms with Crippen molar-refractivity contribution in [2.45, 2.75) is 71.1 Å². The zero-order valence-electron chi connectivity index (χ0n) is 13.5. The number of unbranched alkanes of at least 4 members (excludes halogenated alkanes) is 7. The molecule has 0 radical (unpaired) electrons. The number of rotatable bonds is 13. The van der Waals surface area contributed by atoms with Gasteiger partial charge in [-0.2, -0.15) is 8.42 Å². The first-order chi connectivity index (χ1) is 9.45. The zero-order valence-corrected chi connectivity index (χ0v) is 17.5. The van der Waals surface area contributed by atoms with Gasteiger partial charge in [-0.3, -0.25) is 4.55 Å². The second kappa shape index (κ2) is 15.9. The predicted molar refractivity (Wildman–Crippen MR) is 80.6 cm³/mol. The fourth-order valence-electron chi connectivity index (χ4n) is 1.91. The maximum atomic E-state index is 11.4. The Morgan fingerprint density at radius 2 is 1.57 bits per heavy atom. The number of hydrogen-bond donors (Lipinski definition) is 1. The summed E-state index contributed by atoms with van der Waals surface area (Å²) in [4.78, 5) is 3.88. The molecular formula is C14H28KNO4S. The molecule has 0 rings (SSSR count). The van der Waals surface area contributed by atoms with E-state index in [1.807, 2.05) is 0 Å². The minimum Gasteiger partial charge on any atom is -0.862 e. The normalized spacial score (nSPS) is 12.2. The monoisotopic (exact) mass is 345 g/mol. The fourth-order valence-corrected chi connectivity index (χ4v) is 2.48. The summed E-state index contributed by atoms with van der Waals surface area (Å²) >= 11 is 0. The van der Waals surface area contributed by atoms with Gasteiger partial charge in [-0.05, 0) is 31.6 Å². The molecule has 0 saturated heterocycles. The SMILES string of the molecule is CCCCCCCCCC([O-])=NCCCCS(=O)(=O)O.[K+]. The largest absolute Gasteiger partial charge is 1.00 e. The van der Waals surface area contributed by atoms with E-state index >= 15 is 0 Å². The van der Waals surface area contributed by atoms with E-state index in [-0.39, 0.29) is 63.0 Å². The van der Waals surface area contributed by atoms with E-state index in [4.69, 9.17) is 4.55 Å². The van der Waals surface area contributed by atoms with Crippen LogP contribution in [0.5, 0.6) is 0 Å². The van der Waals surface area contributed by atoms with Gasteiger partial charge in [0.25, 0.3) is 10.1 Å². The van der Waals surface area contributed by atoms with Crippen molar-refractivity contribution in [1.82, 2.24) is 0 Å². The van der Waals surface area contributed by atoms with Gasteiger partial charge in [0, 0.05) is 6.54 Å². The van der Waals surface area contributed by atoms with Crippen LogP contribution in [-0.2, 0) is 10.1 Å². The third kappa shape index (κ3) is 21.0. The second-order valence-corrected chi connectivity index (χ2v) is 6.71. The van der Waals surface area contributed by atoms with Crippen LogP contribution < -0.4 is 56.5 Å². The van der Waals surface area contributed by atoms with Crippen molar-refractivity contribution in [2.75, 3.05) is 12.3 Å². The van der Waals surface area contributed by atoms with Gasteiger partial charge in [0.05, 0.1) is 5.75 Å². The van der Waals surface area contributed by atoms with E-state index in [0.29, 0.717) is 25.8 Å². The predicted octanol–water partition coefficient (Wildman–Crippen LogP) is -0.442. The van der Waals surface area contributed by atoms with Crippen LogP contribution in [0.3, 0.4) is 0 Å². The molecule has 0 bridgehead atoms. The van der Waals surface area contributed by atoms with Gasteiger partial charge in [-0.1, -0.05) is 45.4 Å². The summed E-state index contributed by atoms with van der Waals surface area (Å²) in [6.07, 6.45) is 9.56. The minimum atomic E-state index is -3.88. The van der Waals surface area contributed by atoms with Crippen molar-refractivity contribution in [3.8, 4) is 0 Å². The fraction of sp³-hybridized carbons (Fsp3) is 0.929. The van der Waals surface area contributed by atoms with Crippen molar-refractivity contribution in [3.63, 3.8) is 0 Å². The van der Waals surface area contributed by atoms with Gasteiger partial charge in [0.15, 0.2) is 0 Å². The van der Waals surface area contributed by atoms with Crippen LogP contribution in [0.2, 0.25) is 0 Å². The van der Waals surface area contributed by atoms with E-state index in [1.54, 1.807) is 0 Å². The standard InChI is InChI=1S/C14H29NO4S.K/c1-2-3-4-5-6-7-8-11-14(16)15-12-9-10-13-20(17,18)19;/h2-13H2,1H3,(H,15,16)(H,17,18,19);/q;+1/p-1. The summed E-state index contributed by atoms with van der Waals surface area (Å²) < 4.78 is 29.4. The molecule has 21 heavy (non-hydrogen) atoms. The third-order valence-corrected chi connectivity index (χ3v) is 3.90. The molecule has 120 valence electrons. The van der Waals surface area contributed by atoms with Gasteiger partial charge >= 0.3 is 51.4 Å². The molecule has 0 aliphatic heterocycles. The first kappa shape index (κ1) is 24.3. The van der Waals surface area contributed by atoms with Crippen molar-refractivity contribution < 1.29 is 69.5 Å². The van der Waals surface area contributed by atoms with Gasteiger partial charge in [-0.25, -0.2) is 0 Å². The molecule has 0 atom stereocenters. The number of aliphatic imine (C=N–C) groups is 1. The summed E-state index contributed by atoms with van der Waals surface area (Å²) in [7, 11) is -3.88. The Morgan fingerprint density at radius 3 is 2.14 bits per heavy atom. The summed E-state index contributed by atoms with van der Waals surface area (Å²) in [5.74, 6) is -0.348. The van der Waals surface area contributed by atoms with Crippen LogP contribution in [0.1, 0.15) is 71.1 Å². The first-order valence-corrected chi connectivity index (χ1v) is 9.22. The molecule has 0 spiro atoms. The van der Waals surface area contributed by atoms with Crippen molar-refractivity contribution in [1.29, 1.82) is 0 Å². The molecule has 1 N–H and O–H groups in total. The van der Waals surface area contributed by atoms with E-state index in [9.17, 15) is 13.5 Å². The van der Waals surface area contributed by atoms with E-state index < -0.39 is 10.1 Å². The van der Waals surface area contributed by atoms with Crippen LogP contribution in [0.15, 0.2) is 4.99 Å². The van der Waals surface area contributed by atoms with Crippen LogP contribution in [0.25, 0.3) is 0 Å². The molecule has 0 aliphatic rings. The Morgan fingerprint density at radius 1 is 1.00 bits per heavy atom. The Labute approximate surface area is 172 Å².